The Morgan fingerprint density at radius 1 is 1.04 bits per heavy atom. The number of alkyl halides is 3. The van der Waals surface area contributed by atoms with E-state index in [1.807, 2.05) is 0 Å². The van der Waals surface area contributed by atoms with Crippen molar-refractivity contribution in [1.82, 2.24) is 0 Å². The minimum atomic E-state index is -4.46. The van der Waals surface area contributed by atoms with Gasteiger partial charge in [0.2, 0.25) is 0 Å². The van der Waals surface area contributed by atoms with Gasteiger partial charge in [-0.2, -0.15) is 13.2 Å². The Bertz CT molecular complexity index is 745. The van der Waals surface area contributed by atoms with Crippen molar-refractivity contribution >= 4 is 23.2 Å². The maximum atomic E-state index is 12.5. The predicted molar refractivity (Wildman–Crippen MR) is 84.0 cm³/mol. The van der Waals surface area contributed by atoms with E-state index in [9.17, 15) is 18.0 Å². The molecule has 1 N–H and O–H groups in total. The van der Waals surface area contributed by atoms with Crippen molar-refractivity contribution in [2.45, 2.75) is 6.18 Å². The van der Waals surface area contributed by atoms with Crippen molar-refractivity contribution in [2.75, 3.05) is 19.5 Å². The van der Waals surface area contributed by atoms with Crippen molar-refractivity contribution < 1.29 is 27.4 Å². The third-order valence-electron chi connectivity index (χ3n) is 3.20. The molecule has 0 fully saturated rings. The average Bonchev–Trinajstić information content (AvgIpc) is 2.55. The first-order valence-corrected chi connectivity index (χ1v) is 7.04. The standard InChI is InChI=1S/C16H13ClF3NO3/c1-23-13-8-12(14(24-2)7-11(13)17)21-15(22)9-3-5-10(6-4-9)16(18,19)20/h3-8H,1-2H3,(H,21,22). The van der Waals surface area contributed by atoms with Gasteiger partial charge >= 0.3 is 6.18 Å². The molecule has 1 amide bonds. The van der Waals surface area contributed by atoms with Crippen LogP contribution in [-0.4, -0.2) is 20.1 Å². The molecule has 0 aliphatic heterocycles. The van der Waals surface area contributed by atoms with Crippen LogP contribution in [0.2, 0.25) is 5.02 Å². The highest BCUT2D eigenvalue weighted by Gasteiger charge is 2.30. The third-order valence-corrected chi connectivity index (χ3v) is 3.49. The lowest BCUT2D eigenvalue weighted by molar-refractivity contribution is -0.137. The van der Waals surface area contributed by atoms with Crippen LogP contribution in [0.1, 0.15) is 15.9 Å². The fourth-order valence-corrected chi connectivity index (χ4v) is 2.19. The molecular formula is C16H13ClF3NO3. The molecule has 0 bridgehead atoms. The van der Waals surface area contributed by atoms with Crippen molar-refractivity contribution in [3.63, 3.8) is 0 Å². The normalized spacial score (nSPS) is 11.1. The first-order chi connectivity index (χ1) is 11.3. The number of carbonyl (C=O) groups excluding carboxylic acids is 1. The monoisotopic (exact) mass is 359 g/mol. The second-order valence-electron chi connectivity index (χ2n) is 4.72. The quantitative estimate of drug-likeness (QED) is 0.866. The number of rotatable bonds is 4. The number of hydrogen-bond acceptors (Lipinski definition) is 3. The number of benzene rings is 2. The summed E-state index contributed by atoms with van der Waals surface area (Å²) >= 11 is 5.97. The number of anilines is 1. The summed E-state index contributed by atoms with van der Waals surface area (Å²) < 4.78 is 47.8. The molecule has 2 aromatic rings. The minimum Gasteiger partial charge on any atom is -0.495 e. The summed E-state index contributed by atoms with van der Waals surface area (Å²) in [6.07, 6.45) is -4.46. The molecule has 8 heteroatoms. The average molecular weight is 360 g/mol. The van der Waals surface area contributed by atoms with E-state index in [1.165, 1.54) is 26.4 Å². The minimum absolute atomic E-state index is 0.0685. The first kappa shape index (κ1) is 17.9. The van der Waals surface area contributed by atoms with E-state index < -0.39 is 17.6 Å². The van der Waals surface area contributed by atoms with Crippen LogP contribution in [0.4, 0.5) is 18.9 Å². The summed E-state index contributed by atoms with van der Waals surface area (Å²) in [6.45, 7) is 0. The molecule has 4 nitrogen and oxygen atoms in total. The number of halogens is 4. The largest absolute Gasteiger partial charge is 0.495 e. The molecule has 0 aliphatic rings. The summed E-state index contributed by atoms with van der Waals surface area (Å²) in [5.74, 6) is 0.0210. The van der Waals surface area contributed by atoms with Gasteiger partial charge in [-0.15, -0.1) is 0 Å². The highest BCUT2D eigenvalue weighted by atomic mass is 35.5. The van der Waals surface area contributed by atoms with Gasteiger partial charge in [0.1, 0.15) is 11.5 Å². The van der Waals surface area contributed by atoms with Crippen molar-refractivity contribution in [3.8, 4) is 11.5 Å². The molecule has 0 radical (unpaired) electrons. The number of amides is 1. The van der Waals surface area contributed by atoms with Gasteiger partial charge in [0.25, 0.3) is 5.91 Å². The van der Waals surface area contributed by atoms with E-state index in [2.05, 4.69) is 5.32 Å². The SMILES string of the molecule is COc1cc(NC(=O)c2ccc(C(F)(F)F)cc2)c(OC)cc1Cl. The van der Waals surface area contributed by atoms with Crippen LogP contribution in [-0.2, 0) is 6.18 Å². The second-order valence-corrected chi connectivity index (χ2v) is 5.12. The highest BCUT2D eigenvalue weighted by Crippen LogP contribution is 2.36. The first-order valence-electron chi connectivity index (χ1n) is 6.66. The topological polar surface area (TPSA) is 47.6 Å². The van der Waals surface area contributed by atoms with Crippen LogP contribution >= 0.6 is 11.6 Å². The molecule has 128 valence electrons. The second kappa shape index (κ2) is 7.00. The summed E-state index contributed by atoms with van der Waals surface area (Å²) in [7, 11) is 2.81. The van der Waals surface area contributed by atoms with Gasteiger partial charge in [0.15, 0.2) is 0 Å². The summed E-state index contributed by atoms with van der Waals surface area (Å²) in [6, 6.07) is 6.80. The molecule has 0 aliphatic carbocycles. The van der Waals surface area contributed by atoms with E-state index in [4.69, 9.17) is 21.1 Å². The molecule has 24 heavy (non-hydrogen) atoms. The van der Waals surface area contributed by atoms with Crippen molar-refractivity contribution in [3.05, 3.63) is 52.5 Å². The maximum Gasteiger partial charge on any atom is 0.416 e. The fourth-order valence-electron chi connectivity index (χ4n) is 1.96. The molecule has 0 unspecified atom stereocenters. The predicted octanol–water partition coefficient (Wildman–Crippen LogP) is 4.63. The van der Waals surface area contributed by atoms with E-state index in [0.717, 1.165) is 24.3 Å². The van der Waals surface area contributed by atoms with Gasteiger partial charge in [0.05, 0.1) is 30.5 Å². The van der Waals surface area contributed by atoms with Crippen LogP contribution in [0.3, 0.4) is 0 Å². The van der Waals surface area contributed by atoms with E-state index >= 15 is 0 Å². The van der Waals surface area contributed by atoms with Crippen LogP contribution in [0, 0.1) is 0 Å². The zero-order valence-corrected chi connectivity index (χ0v) is 13.5. The zero-order chi connectivity index (χ0) is 17.9. The number of ether oxygens (including phenoxy) is 2. The van der Waals surface area contributed by atoms with Crippen LogP contribution in [0.15, 0.2) is 36.4 Å². The molecule has 2 rings (SSSR count). The highest BCUT2D eigenvalue weighted by molar-refractivity contribution is 6.32. The lowest BCUT2D eigenvalue weighted by atomic mass is 10.1. The van der Waals surface area contributed by atoms with Gasteiger partial charge < -0.3 is 14.8 Å². The number of carbonyl (C=O) groups is 1. The van der Waals surface area contributed by atoms with Gasteiger partial charge in [-0.05, 0) is 24.3 Å². The van der Waals surface area contributed by atoms with E-state index in [0.29, 0.717) is 16.5 Å². The molecular weight excluding hydrogens is 347 g/mol. The van der Waals surface area contributed by atoms with Gasteiger partial charge in [-0.1, -0.05) is 11.6 Å². The molecule has 2 aromatic carbocycles. The molecule has 0 aromatic heterocycles. The lowest BCUT2D eigenvalue weighted by Crippen LogP contribution is -2.13. The molecule has 0 spiro atoms. The van der Waals surface area contributed by atoms with Crippen molar-refractivity contribution in [1.29, 1.82) is 0 Å². The lowest BCUT2D eigenvalue weighted by Gasteiger charge is -2.13. The fraction of sp³-hybridized carbons (Fsp3) is 0.188. The Labute approximate surface area is 141 Å². The number of hydrogen-bond donors (Lipinski definition) is 1. The molecule has 0 heterocycles. The Morgan fingerprint density at radius 2 is 1.62 bits per heavy atom. The Balaban J connectivity index is 2.26. The summed E-state index contributed by atoms with van der Waals surface area (Å²) in [5.41, 5.74) is -0.479. The third kappa shape index (κ3) is 3.91. The van der Waals surface area contributed by atoms with Gasteiger partial charge in [0, 0.05) is 17.7 Å². The van der Waals surface area contributed by atoms with Gasteiger partial charge in [-0.25, -0.2) is 0 Å². The summed E-state index contributed by atoms with van der Waals surface area (Å²) in [4.78, 5) is 12.2. The van der Waals surface area contributed by atoms with Crippen LogP contribution in [0.25, 0.3) is 0 Å². The molecule has 0 saturated carbocycles. The van der Waals surface area contributed by atoms with Crippen LogP contribution < -0.4 is 14.8 Å². The number of nitrogens with one attached hydrogen (secondary N) is 1. The Hall–Kier alpha value is -2.41. The summed E-state index contributed by atoms with van der Waals surface area (Å²) in [5, 5.41) is 2.85. The van der Waals surface area contributed by atoms with E-state index in [1.54, 1.807) is 0 Å². The number of methoxy groups -OCH3 is 2. The molecule has 0 atom stereocenters. The van der Waals surface area contributed by atoms with Crippen molar-refractivity contribution in [2.24, 2.45) is 0 Å². The smallest absolute Gasteiger partial charge is 0.416 e. The maximum absolute atomic E-state index is 12.5. The Morgan fingerprint density at radius 3 is 2.12 bits per heavy atom. The molecule has 0 saturated heterocycles. The zero-order valence-electron chi connectivity index (χ0n) is 12.7. The van der Waals surface area contributed by atoms with Gasteiger partial charge in [-0.3, -0.25) is 4.79 Å². The van der Waals surface area contributed by atoms with E-state index in [-0.39, 0.29) is 11.3 Å². The Kier molecular flexibility index (Phi) is 5.23. The van der Waals surface area contributed by atoms with Crippen LogP contribution in [0.5, 0.6) is 11.5 Å².